The average Bonchev–Trinajstić information content (AvgIpc) is 2.91. The van der Waals surface area contributed by atoms with Crippen LogP contribution in [0.5, 0.6) is 0 Å². The Morgan fingerprint density at radius 1 is 1.24 bits per heavy atom. The summed E-state index contributed by atoms with van der Waals surface area (Å²) in [5, 5.41) is 11.3. The molecule has 1 aliphatic rings. The van der Waals surface area contributed by atoms with Gasteiger partial charge in [-0.3, -0.25) is 0 Å². The highest BCUT2D eigenvalue weighted by Crippen LogP contribution is 2.06. The van der Waals surface area contributed by atoms with Gasteiger partial charge in [-0.25, -0.2) is 9.13 Å². The van der Waals surface area contributed by atoms with Gasteiger partial charge in [0.1, 0.15) is 12.4 Å². The van der Waals surface area contributed by atoms with Crippen LogP contribution in [0.25, 0.3) is 0 Å². The number of aromatic nitrogens is 2. The molecule has 0 aromatic carbocycles. The van der Waals surface area contributed by atoms with Crippen LogP contribution >= 0.6 is 0 Å². The Balaban J connectivity index is 0. The first-order valence-electron chi connectivity index (χ1n) is 8.43. The summed E-state index contributed by atoms with van der Waals surface area (Å²) in [6, 6.07) is 0. The van der Waals surface area contributed by atoms with Gasteiger partial charge in [0.15, 0.2) is 0 Å². The molecule has 2 rings (SSSR count). The molecule has 0 spiro atoms. The highest BCUT2D eigenvalue weighted by molar-refractivity contribution is 6.50. The highest BCUT2D eigenvalue weighted by Gasteiger charge is 2.20. The number of nitrogens with zero attached hydrogens (tertiary/aromatic N) is 2. The number of halogens is 4. The summed E-state index contributed by atoms with van der Waals surface area (Å²) in [7, 11) is -3.96. The molecule has 1 aliphatic heterocycles. The van der Waals surface area contributed by atoms with Gasteiger partial charge < -0.3 is 32.5 Å². The Morgan fingerprint density at radius 2 is 1.72 bits per heavy atom. The maximum Gasteiger partial charge on any atom is 0.673 e. The van der Waals surface area contributed by atoms with Crippen LogP contribution in [0.3, 0.4) is 0 Å². The smallest absolute Gasteiger partial charge is 0.550 e. The van der Waals surface area contributed by atoms with Gasteiger partial charge in [-0.2, -0.15) is 0 Å². The lowest BCUT2D eigenvalue weighted by Gasteiger charge is -2.05. The van der Waals surface area contributed by atoms with E-state index in [1.54, 1.807) is 0 Å². The SMILES string of the molecule is C1CC[NH2+]CC1.CC(=O)[O-].CCCCn1cc[n+](C)c1.F[B-](F)(F)F. The number of nitrogens with two attached hydrogens (primary N) is 1. The monoisotopic (exact) mass is 371 g/mol. The van der Waals surface area contributed by atoms with Gasteiger partial charge in [0.2, 0.25) is 6.33 Å². The molecule has 1 fully saturated rings. The van der Waals surface area contributed by atoms with Crippen molar-refractivity contribution in [2.24, 2.45) is 7.05 Å². The molecular weight excluding hydrogens is 341 g/mol. The molecule has 5 nitrogen and oxygen atoms in total. The zero-order valence-corrected chi connectivity index (χ0v) is 15.3. The van der Waals surface area contributed by atoms with E-state index in [0.29, 0.717) is 0 Å². The summed E-state index contributed by atoms with van der Waals surface area (Å²) in [6.07, 6.45) is 13.2. The molecule has 1 saturated heterocycles. The molecule has 0 unspecified atom stereocenters. The molecule has 0 aliphatic carbocycles. The van der Waals surface area contributed by atoms with E-state index >= 15 is 0 Å². The number of carbonyl (C=O) groups is 1. The summed E-state index contributed by atoms with van der Waals surface area (Å²) in [4.78, 5) is 8.89. The topological polar surface area (TPSA) is 65.5 Å². The predicted molar refractivity (Wildman–Crippen MR) is 86.9 cm³/mol. The molecule has 0 amide bonds. The second-order valence-electron chi connectivity index (χ2n) is 5.58. The fourth-order valence-corrected chi connectivity index (χ4v) is 1.87. The first kappa shape index (κ1) is 25.7. The van der Waals surface area contributed by atoms with E-state index in [4.69, 9.17) is 9.90 Å². The molecule has 2 N–H and O–H groups in total. The van der Waals surface area contributed by atoms with Crippen LogP contribution in [0.4, 0.5) is 17.3 Å². The van der Waals surface area contributed by atoms with Crippen LogP contribution in [-0.2, 0) is 18.4 Å². The standard InChI is InChI=1S/C8H15N2.C5H11N.C2H4O2.BF4/c1-3-4-5-10-7-6-9(2)8-10;1-2-4-6-5-3-1;1-2(3)4;2-1(3,4)5/h6-8H,3-5H2,1-2H3;6H,1-5H2;1H3,(H,3,4);/q+1;;;-1. The Hall–Kier alpha value is -1.58. The molecule has 0 saturated carbocycles. The van der Waals surface area contributed by atoms with Crippen molar-refractivity contribution in [2.45, 2.75) is 52.5 Å². The summed E-state index contributed by atoms with van der Waals surface area (Å²) < 4.78 is 43.3. The Morgan fingerprint density at radius 3 is 1.96 bits per heavy atom. The largest absolute Gasteiger partial charge is 0.673 e. The van der Waals surface area contributed by atoms with Crippen molar-refractivity contribution in [1.29, 1.82) is 0 Å². The Bertz CT molecular complexity index is 417. The highest BCUT2D eigenvalue weighted by atomic mass is 19.5. The van der Waals surface area contributed by atoms with Crippen molar-refractivity contribution in [3.05, 3.63) is 18.7 Å². The van der Waals surface area contributed by atoms with Crippen LogP contribution in [0.15, 0.2) is 18.7 Å². The molecule has 148 valence electrons. The second kappa shape index (κ2) is 15.9. The number of carboxylic acid groups (broad SMARTS) is 1. The van der Waals surface area contributed by atoms with Crippen LogP contribution < -0.4 is 15.0 Å². The number of carboxylic acids is 1. The molecular formula is C15H30BF4N3O2. The molecule has 2 heterocycles. The zero-order valence-electron chi connectivity index (χ0n) is 15.3. The van der Waals surface area contributed by atoms with Gasteiger partial charge in [-0.05, 0) is 32.6 Å². The minimum absolute atomic E-state index is 0.972. The molecule has 10 heteroatoms. The van der Waals surface area contributed by atoms with Crippen molar-refractivity contribution in [3.63, 3.8) is 0 Å². The third-order valence-corrected chi connectivity index (χ3v) is 2.91. The van der Waals surface area contributed by atoms with E-state index in [0.717, 1.165) is 13.5 Å². The summed E-state index contributed by atoms with van der Waals surface area (Å²) in [6.45, 7) is 7.08. The number of hydrogen-bond donors (Lipinski definition) is 1. The lowest BCUT2D eigenvalue weighted by atomic mass is 10.2. The number of aryl methyl sites for hydroxylation is 2. The van der Waals surface area contributed by atoms with Crippen molar-refractivity contribution >= 4 is 13.2 Å². The number of hydrogen-bond acceptors (Lipinski definition) is 2. The molecule has 0 atom stereocenters. The van der Waals surface area contributed by atoms with Crippen LogP contribution in [0.1, 0.15) is 46.0 Å². The third-order valence-electron chi connectivity index (χ3n) is 2.91. The number of aliphatic carboxylic acids is 1. The van der Waals surface area contributed by atoms with Crippen molar-refractivity contribution in [1.82, 2.24) is 4.57 Å². The van der Waals surface area contributed by atoms with Gasteiger partial charge in [0.05, 0.1) is 26.7 Å². The molecule has 1 aromatic rings. The van der Waals surface area contributed by atoms with Crippen molar-refractivity contribution in [3.8, 4) is 0 Å². The van der Waals surface area contributed by atoms with E-state index in [-0.39, 0.29) is 0 Å². The summed E-state index contributed by atoms with van der Waals surface area (Å²) in [5.74, 6) is -1.08. The first-order chi connectivity index (χ1) is 11.6. The van der Waals surface area contributed by atoms with Gasteiger partial charge in [0.25, 0.3) is 0 Å². The van der Waals surface area contributed by atoms with Gasteiger partial charge in [-0.1, -0.05) is 13.3 Å². The van der Waals surface area contributed by atoms with Crippen molar-refractivity contribution < 1.29 is 37.0 Å². The second-order valence-corrected chi connectivity index (χ2v) is 5.58. The first-order valence-corrected chi connectivity index (χ1v) is 8.43. The number of rotatable bonds is 3. The van der Waals surface area contributed by atoms with E-state index in [1.165, 1.54) is 45.2 Å². The maximum absolute atomic E-state index is 9.75. The zero-order chi connectivity index (χ0) is 19.7. The molecule has 25 heavy (non-hydrogen) atoms. The maximum atomic E-state index is 9.75. The lowest BCUT2D eigenvalue weighted by Crippen LogP contribution is -2.85. The molecule has 0 radical (unpaired) electrons. The van der Waals surface area contributed by atoms with E-state index < -0.39 is 13.2 Å². The number of piperidine rings is 1. The minimum Gasteiger partial charge on any atom is -0.550 e. The van der Waals surface area contributed by atoms with Crippen LogP contribution in [0.2, 0.25) is 0 Å². The summed E-state index contributed by atoms with van der Waals surface area (Å²) >= 11 is 0. The van der Waals surface area contributed by atoms with E-state index in [9.17, 15) is 17.3 Å². The number of quaternary nitrogens is 1. The van der Waals surface area contributed by atoms with Gasteiger partial charge in [0, 0.05) is 5.97 Å². The Labute approximate surface area is 147 Å². The lowest BCUT2D eigenvalue weighted by molar-refractivity contribution is -0.671. The average molecular weight is 371 g/mol. The minimum atomic E-state index is -6.00. The number of carbonyl (C=O) groups excluding carboxylic acids is 1. The molecule has 1 aromatic heterocycles. The Kier molecular flexibility index (Phi) is 16.3. The van der Waals surface area contributed by atoms with Gasteiger partial charge in [-0.15, -0.1) is 0 Å². The summed E-state index contributed by atoms with van der Waals surface area (Å²) in [5.41, 5.74) is 0. The quantitative estimate of drug-likeness (QED) is 0.488. The van der Waals surface area contributed by atoms with E-state index in [1.807, 2.05) is 7.05 Å². The van der Waals surface area contributed by atoms with Crippen LogP contribution in [0, 0.1) is 0 Å². The fraction of sp³-hybridized carbons (Fsp3) is 0.733. The van der Waals surface area contributed by atoms with Gasteiger partial charge >= 0.3 is 7.25 Å². The fourth-order valence-electron chi connectivity index (χ4n) is 1.87. The third kappa shape index (κ3) is 30.8. The molecule has 0 bridgehead atoms. The van der Waals surface area contributed by atoms with Crippen LogP contribution in [-0.4, -0.2) is 30.9 Å². The van der Waals surface area contributed by atoms with Crippen molar-refractivity contribution in [2.75, 3.05) is 13.1 Å². The predicted octanol–water partition coefficient (Wildman–Crippen LogP) is 0.903. The van der Waals surface area contributed by atoms with E-state index in [2.05, 4.69) is 40.1 Å². The number of imidazole rings is 1. The normalized spacial score (nSPS) is 13.2. The number of unbranched alkanes of at least 4 members (excludes halogenated alkanes) is 1.